The number of rotatable bonds is 7. The third kappa shape index (κ3) is 3.38. The smallest absolute Gasteiger partial charge is 0.122 e. The van der Waals surface area contributed by atoms with Crippen molar-refractivity contribution >= 4 is 0 Å². The standard InChI is InChI=1S/C17H25NO/c1-4-10-18-13-17(3,5-2)11-14-12-19-16-9-7-6-8-15(14)16/h5-9,14,18H,2,4,10-13H2,1,3H3. The zero-order chi connectivity index (χ0) is 13.7. The minimum atomic E-state index is 0.126. The fraction of sp³-hybridized carbons (Fsp3) is 0.529. The van der Waals surface area contributed by atoms with Crippen molar-refractivity contribution in [1.82, 2.24) is 5.32 Å². The minimum absolute atomic E-state index is 0.126. The van der Waals surface area contributed by atoms with Gasteiger partial charge in [-0.05, 0) is 30.9 Å². The van der Waals surface area contributed by atoms with Crippen LogP contribution < -0.4 is 10.1 Å². The lowest BCUT2D eigenvalue weighted by Gasteiger charge is -2.29. The normalized spacial score (nSPS) is 20.4. The van der Waals surface area contributed by atoms with Crippen LogP contribution in [0.25, 0.3) is 0 Å². The molecule has 2 nitrogen and oxygen atoms in total. The summed E-state index contributed by atoms with van der Waals surface area (Å²) in [5, 5.41) is 3.51. The van der Waals surface area contributed by atoms with Crippen molar-refractivity contribution < 1.29 is 4.74 Å². The molecule has 0 radical (unpaired) electrons. The van der Waals surface area contributed by atoms with Crippen molar-refractivity contribution in [3.8, 4) is 5.75 Å². The molecule has 1 N–H and O–H groups in total. The van der Waals surface area contributed by atoms with Crippen molar-refractivity contribution in [2.75, 3.05) is 19.7 Å². The van der Waals surface area contributed by atoms with E-state index in [1.807, 2.05) is 6.07 Å². The summed E-state index contributed by atoms with van der Waals surface area (Å²) in [5.74, 6) is 1.54. The van der Waals surface area contributed by atoms with E-state index in [1.165, 1.54) is 12.0 Å². The van der Waals surface area contributed by atoms with Gasteiger partial charge in [0, 0.05) is 18.0 Å². The maximum absolute atomic E-state index is 5.77. The van der Waals surface area contributed by atoms with Crippen molar-refractivity contribution in [1.29, 1.82) is 0 Å². The Balaban J connectivity index is 2.01. The van der Waals surface area contributed by atoms with Gasteiger partial charge in [-0.15, -0.1) is 6.58 Å². The topological polar surface area (TPSA) is 21.3 Å². The van der Waals surface area contributed by atoms with E-state index in [0.717, 1.165) is 31.9 Å². The molecule has 1 aromatic carbocycles. The monoisotopic (exact) mass is 259 g/mol. The molecule has 0 fully saturated rings. The second-order valence-corrected chi connectivity index (χ2v) is 5.78. The van der Waals surface area contributed by atoms with Crippen LogP contribution in [-0.2, 0) is 0 Å². The van der Waals surface area contributed by atoms with Crippen LogP contribution in [0.15, 0.2) is 36.9 Å². The molecule has 1 aliphatic heterocycles. The molecule has 1 aliphatic rings. The molecule has 0 bridgehead atoms. The number of hydrogen-bond donors (Lipinski definition) is 1. The van der Waals surface area contributed by atoms with Crippen LogP contribution in [0.1, 0.15) is 38.2 Å². The van der Waals surface area contributed by atoms with Gasteiger partial charge in [-0.25, -0.2) is 0 Å². The minimum Gasteiger partial charge on any atom is -0.493 e. The summed E-state index contributed by atoms with van der Waals surface area (Å²) < 4.78 is 5.77. The Hall–Kier alpha value is -1.28. The van der Waals surface area contributed by atoms with Gasteiger partial charge in [0.05, 0.1) is 6.61 Å². The second-order valence-electron chi connectivity index (χ2n) is 5.78. The highest BCUT2D eigenvalue weighted by molar-refractivity contribution is 5.39. The van der Waals surface area contributed by atoms with Gasteiger partial charge in [-0.2, -0.15) is 0 Å². The third-order valence-corrected chi connectivity index (χ3v) is 3.96. The first-order valence-electron chi connectivity index (χ1n) is 7.24. The number of nitrogens with one attached hydrogen (secondary N) is 1. The number of benzene rings is 1. The van der Waals surface area contributed by atoms with E-state index in [9.17, 15) is 0 Å². The van der Waals surface area contributed by atoms with Crippen molar-refractivity contribution in [2.24, 2.45) is 5.41 Å². The first kappa shape index (κ1) is 14.1. The maximum atomic E-state index is 5.77. The van der Waals surface area contributed by atoms with Crippen LogP contribution in [0.5, 0.6) is 5.75 Å². The van der Waals surface area contributed by atoms with E-state index < -0.39 is 0 Å². The highest BCUT2D eigenvalue weighted by Crippen LogP contribution is 2.40. The van der Waals surface area contributed by atoms with Gasteiger partial charge in [-0.3, -0.25) is 0 Å². The van der Waals surface area contributed by atoms with E-state index in [-0.39, 0.29) is 5.41 Å². The molecule has 0 aromatic heterocycles. The zero-order valence-electron chi connectivity index (χ0n) is 12.1. The van der Waals surface area contributed by atoms with E-state index in [1.54, 1.807) is 0 Å². The van der Waals surface area contributed by atoms with Crippen LogP contribution in [0, 0.1) is 5.41 Å². The summed E-state index contributed by atoms with van der Waals surface area (Å²) in [6.45, 7) is 11.4. The van der Waals surface area contributed by atoms with Gasteiger partial charge in [0.2, 0.25) is 0 Å². The largest absolute Gasteiger partial charge is 0.493 e. The van der Waals surface area contributed by atoms with Gasteiger partial charge >= 0.3 is 0 Å². The summed E-state index contributed by atoms with van der Waals surface area (Å²) in [7, 11) is 0. The lowest BCUT2D eigenvalue weighted by atomic mass is 9.79. The summed E-state index contributed by atoms with van der Waals surface area (Å²) in [6, 6.07) is 8.39. The van der Waals surface area contributed by atoms with E-state index in [4.69, 9.17) is 4.74 Å². The van der Waals surface area contributed by atoms with Gasteiger partial charge < -0.3 is 10.1 Å². The highest BCUT2D eigenvalue weighted by atomic mass is 16.5. The molecular formula is C17H25NO. The van der Waals surface area contributed by atoms with Crippen LogP contribution in [0.3, 0.4) is 0 Å². The lowest BCUT2D eigenvalue weighted by Crippen LogP contribution is -2.32. The number of ether oxygens (including phenoxy) is 1. The molecular weight excluding hydrogens is 234 g/mol. The van der Waals surface area contributed by atoms with Gasteiger partial charge in [0.15, 0.2) is 0 Å². The summed E-state index contributed by atoms with van der Waals surface area (Å²) in [6.07, 6.45) is 4.35. The van der Waals surface area contributed by atoms with Crippen LogP contribution >= 0.6 is 0 Å². The van der Waals surface area contributed by atoms with Crippen molar-refractivity contribution in [3.63, 3.8) is 0 Å². The van der Waals surface area contributed by atoms with E-state index in [0.29, 0.717) is 5.92 Å². The Bertz CT molecular complexity index is 429. The Morgan fingerprint density at radius 2 is 2.26 bits per heavy atom. The molecule has 0 saturated carbocycles. The molecule has 0 spiro atoms. The zero-order valence-corrected chi connectivity index (χ0v) is 12.1. The lowest BCUT2D eigenvalue weighted by molar-refractivity contribution is 0.276. The Kier molecular flexibility index (Phi) is 4.65. The number of para-hydroxylation sites is 1. The van der Waals surface area contributed by atoms with Gasteiger partial charge in [0.25, 0.3) is 0 Å². The average Bonchev–Trinajstić information content (AvgIpc) is 2.82. The van der Waals surface area contributed by atoms with Crippen LogP contribution in [0.4, 0.5) is 0 Å². The molecule has 104 valence electrons. The molecule has 2 rings (SSSR count). The molecule has 0 aliphatic carbocycles. The Morgan fingerprint density at radius 1 is 1.47 bits per heavy atom. The fourth-order valence-electron chi connectivity index (χ4n) is 2.74. The highest BCUT2D eigenvalue weighted by Gasteiger charge is 2.31. The second kappa shape index (κ2) is 6.25. The summed E-state index contributed by atoms with van der Waals surface area (Å²) in [4.78, 5) is 0. The Labute approximate surface area is 116 Å². The molecule has 2 heteroatoms. The fourth-order valence-corrected chi connectivity index (χ4v) is 2.74. The molecule has 2 unspecified atom stereocenters. The van der Waals surface area contributed by atoms with Crippen LogP contribution in [0.2, 0.25) is 0 Å². The maximum Gasteiger partial charge on any atom is 0.122 e. The number of hydrogen-bond acceptors (Lipinski definition) is 2. The van der Waals surface area contributed by atoms with Crippen molar-refractivity contribution in [3.05, 3.63) is 42.5 Å². The van der Waals surface area contributed by atoms with Crippen LogP contribution in [-0.4, -0.2) is 19.7 Å². The number of fused-ring (bicyclic) bond motifs is 1. The first-order valence-corrected chi connectivity index (χ1v) is 7.24. The van der Waals surface area contributed by atoms with Gasteiger partial charge in [-0.1, -0.05) is 38.1 Å². The summed E-state index contributed by atoms with van der Waals surface area (Å²) >= 11 is 0. The quantitative estimate of drug-likeness (QED) is 0.595. The molecule has 1 aromatic rings. The molecule has 1 heterocycles. The molecule has 2 atom stereocenters. The molecule has 0 saturated heterocycles. The van der Waals surface area contributed by atoms with E-state index >= 15 is 0 Å². The predicted octanol–water partition coefficient (Wildman–Crippen LogP) is 3.74. The molecule has 0 amide bonds. The Morgan fingerprint density at radius 3 is 3.00 bits per heavy atom. The average molecular weight is 259 g/mol. The van der Waals surface area contributed by atoms with E-state index in [2.05, 4.69) is 50.0 Å². The van der Waals surface area contributed by atoms with Crippen molar-refractivity contribution in [2.45, 2.75) is 32.6 Å². The summed E-state index contributed by atoms with van der Waals surface area (Å²) in [5.41, 5.74) is 1.48. The van der Waals surface area contributed by atoms with Gasteiger partial charge in [0.1, 0.15) is 5.75 Å². The molecule has 19 heavy (non-hydrogen) atoms. The third-order valence-electron chi connectivity index (χ3n) is 3.96. The predicted molar refractivity (Wildman–Crippen MR) is 80.8 cm³/mol. The first-order chi connectivity index (χ1) is 9.18. The SMILES string of the molecule is C=CC(C)(CNCCC)CC1COc2ccccc21.